The van der Waals surface area contributed by atoms with E-state index in [0.29, 0.717) is 6.42 Å². The Morgan fingerprint density at radius 1 is 0.939 bits per heavy atom. The fourth-order valence-corrected chi connectivity index (χ4v) is 5.71. The Morgan fingerprint density at radius 2 is 1.82 bits per heavy atom. The Balaban J connectivity index is 1.48. The van der Waals surface area contributed by atoms with Gasteiger partial charge < -0.3 is 4.42 Å². The van der Waals surface area contributed by atoms with E-state index in [2.05, 4.69) is 43.3 Å². The average molecular weight is 437 g/mol. The number of hydrogen-bond acceptors (Lipinski definition) is 2. The topological polar surface area (TPSA) is 25.5 Å². The quantitative estimate of drug-likeness (QED) is 0.267. The van der Waals surface area contributed by atoms with Gasteiger partial charge in [-0.1, -0.05) is 36.4 Å². The molecule has 1 saturated carbocycles. The third kappa shape index (κ3) is 2.80. The van der Waals surface area contributed by atoms with E-state index in [0.717, 1.165) is 66.4 Å². The zero-order valence-corrected chi connectivity index (χ0v) is 18.2. The highest BCUT2D eigenvalue weighted by Gasteiger charge is 2.40. The van der Waals surface area contributed by atoms with Crippen LogP contribution in [0.2, 0.25) is 0 Å². The predicted molar refractivity (Wildman–Crippen MR) is 129 cm³/mol. The number of fused-ring (bicyclic) bond motifs is 3. The molecule has 4 aromatic carbocycles. The van der Waals surface area contributed by atoms with Crippen molar-refractivity contribution >= 4 is 44.1 Å². The van der Waals surface area contributed by atoms with E-state index in [4.69, 9.17) is 9.41 Å². The van der Waals surface area contributed by atoms with E-state index in [1.54, 1.807) is 0 Å². The Kier molecular flexibility index (Phi) is 3.74. The number of rotatable bonds is 2. The van der Waals surface area contributed by atoms with E-state index < -0.39 is 5.92 Å². The third-order valence-electron chi connectivity index (χ3n) is 7.22. The highest BCUT2D eigenvalue weighted by molar-refractivity contribution is 6.30. The largest absolute Gasteiger partial charge is 0.455 e. The van der Waals surface area contributed by atoms with Crippen LogP contribution < -0.4 is 0 Å². The second kappa shape index (κ2) is 6.50. The van der Waals surface area contributed by atoms with E-state index >= 15 is 0 Å². The molecule has 0 spiro atoms. The first-order chi connectivity index (χ1) is 16.0. The van der Waals surface area contributed by atoms with Gasteiger partial charge >= 0.3 is 0 Å². The number of alkyl halides is 2. The van der Waals surface area contributed by atoms with Crippen molar-refractivity contribution in [1.29, 1.82) is 0 Å². The van der Waals surface area contributed by atoms with Crippen molar-refractivity contribution in [2.75, 3.05) is 0 Å². The zero-order valence-electron chi connectivity index (χ0n) is 18.2. The molecule has 1 aliphatic heterocycles. The third-order valence-corrected chi connectivity index (χ3v) is 7.22. The van der Waals surface area contributed by atoms with Crippen LogP contribution in [0, 0.1) is 6.92 Å². The Morgan fingerprint density at radius 3 is 2.67 bits per heavy atom. The van der Waals surface area contributed by atoms with Crippen LogP contribution >= 0.6 is 0 Å². The van der Waals surface area contributed by atoms with Gasteiger partial charge in [0.25, 0.3) is 0 Å². The van der Waals surface area contributed by atoms with Gasteiger partial charge in [0.1, 0.15) is 11.2 Å². The normalized spacial score (nSPS) is 19.1. The van der Waals surface area contributed by atoms with E-state index in [9.17, 15) is 8.78 Å². The molecule has 2 heterocycles. The molecule has 0 amide bonds. The van der Waals surface area contributed by atoms with Crippen LogP contribution in [-0.4, -0.2) is 11.6 Å². The molecule has 0 radical (unpaired) electrons. The van der Waals surface area contributed by atoms with Crippen LogP contribution in [0.1, 0.15) is 47.4 Å². The molecule has 0 N–H and O–H groups in total. The van der Waals surface area contributed by atoms with Crippen molar-refractivity contribution in [3.05, 3.63) is 89.0 Å². The summed E-state index contributed by atoms with van der Waals surface area (Å²) in [5.74, 6) is -2.70. The van der Waals surface area contributed by atoms with E-state index in [-0.39, 0.29) is 18.8 Å². The van der Waals surface area contributed by atoms with Crippen LogP contribution in [0.25, 0.3) is 32.7 Å². The van der Waals surface area contributed by atoms with Gasteiger partial charge in [0, 0.05) is 40.1 Å². The summed E-state index contributed by atoms with van der Waals surface area (Å²) in [6, 6.07) is 22.6. The summed E-state index contributed by atoms with van der Waals surface area (Å²) < 4.78 is 34.3. The summed E-state index contributed by atoms with van der Waals surface area (Å²) in [6.45, 7) is 2.08. The van der Waals surface area contributed by atoms with Crippen LogP contribution in [-0.2, 0) is 0 Å². The Hall–Kier alpha value is -3.53. The highest BCUT2D eigenvalue weighted by Crippen LogP contribution is 2.47. The maximum Gasteiger partial charge on any atom is 0.248 e. The molecule has 5 aromatic rings. The number of nitrogens with zero attached hydrogens (tertiary/aromatic N) is 1. The fourth-order valence-electron chi connectivity index (χ4n) is 5.71. The summed E-state index contributed by atoms with van der Waals surface area (Å²) in [4.78, 5) is 5.03. The average Bonchev–Trinajstić information content (AvgIpc) is 3.47. The van der Waals surface area contributed by atoms with Gasteiger partial charge in [-0.15, -0.1) is 0 Å². The van der Waals surface area contributed by atoms with Gasteiger partial charge in [0.05, 0.1) is 11.4 Å². The minimum atomic E-state index is -2.57. The summed E-state index contributed by atoms with van der Waals surface area (Å²) in [5, 5.41) is 4.30. The number of furan rings is 1. The monoisotopic (exact) mass is 437 g/mol. The Labute approximate surface area is 189 Å². The molecule has 2 nitrogen and oxygen atoms in total. The van der Waals surface area contributed by atoms with Crippen molar-refractivity contribution in [3.63, 3.8) is 0 Å². The number of para-hydroxylation sites is 1. The van der Waals surface area contributed by atoms with Crippen molar-refractivity contribution in [1.82, 2.24) is 0 Å². The van der Waals surface area contributed by atoms with Crippen LogP contribution in [0.15, 0.2) is 76.1 Å². The maximum absolute atomic E-state index is 14.0. The van der Waals surface area contributed by atoms with Gasteiger partial charge in [-0.25, -0.2) is 13.8 Å². The molecule has 33 heavy (non-hydrogen) atoms. The molecule has 0 bridgehead atoms. The van der Waals surface area contributed by atoms with Crippen molar-refractivity contribution in [2.45, 2.75) is 38.0 Å². The van der Waals surface area contributed by atoms with Crippen LogP contribution in [0.4, 0.5) is 14.5 Å². The van der Waals surface area contributed by atoms with Gasteiger partial charge in [-0.05, 0) is 66.1 Å². The first kappa shape index (κ1) is 19.0. The molecule has 162 valence electrons. The predicted octanol–water partition coefficient (Wildman–Crippen LogP) is 8.43. The lowest BCUT2D eigenvalue weighted by molar-refractivity contribution is 0.00777. The molecule has 1 aromatic heterocycles. The molecule has 1 unspecified atom stereocenters. The van der Waals surface area contributed by atoms with Crippen molar-refractivity contribution < 1.29 is 13.2 Å². The fraction of sp³-hybridized carbons (Fsp3) is 0.207. The Bertz CT molecular complexity index is 1640. The number of hydrogen-bond donors (Lipinski definition) is 0. The lowest BCUT2D eigenvalue weighted by Gasteiger charge is -2.14. The zero-order chi connectivity index (χ0) is 22.3. The SMILES string of the molecule is Cc1cc(C2=Nc3cccc4cc(C5CCC(F)(F)C5)cc2c34)c2oc3ccccc3c2c1. The van der Waals surface area contributed by atoms with Crippen molar-refractivity contribution in [2.24, 2.45) is 4.99 Å². The molecule has 1 aliphatic carbocycles. The minimum absolute atomic E-state index is 0.0382. The summed E-state index contributed by atoms with van der Waals surface area (Å²) in [5.41, 5.74) is 7.53. The van der Waals surface area contributed by atoms with Gasteiger partial charge in [-0.2, -0.15) is 0 Å². The van der Waals surface area contributed by atoms with Crippen LogP contribution in [0.5, 0.6) is 0 Å². The molecule has 7 rings (SSSR count). The van der Waals surface area contributed by atoms with E-state index in [1.165, 1.54) is 0 Å². The molecule has 0 saturated heterocycles. The highest BCUT2D eigenvalue weighted by atomic mass is 19.3. The van der Waals surface area contributed by atoms with Gasteiger partial charge in [0.15, 0.2) is 0 Å². The van der Waals surface area contributed by atoms with E-state index in [1.807, 2.05) is 30.3 Å². The summed E-state index contributed by atoms with van der Waals surface area (Å²) in [6.07, 6.45) is 0.397. The van der Waals surface area contributed by atoms with Crippen LogP contribution in [0.3, 0.4) is 0 Å². The smallest absolute Gasteiger partial charge is 0.248 e. The van der Waals surface area contributed by atoms with Gasteiger partial charge in [-0.3, -0.25) is 0 Å². The van der Waals surface area contributed by atoms with Gasteiger partial charge in [0.2, 0.25) is 5.92 Å². The first-order valence-corrected chi connectivity index (χ1v) is 11.4. The van der Waals surface area contributed by atoms with Crippen molar-refractivity contribution in [3.8, 4) is 0 Å². The molecule has 2 aliphatic rings. The lowest BCUT2D eigenvalue weighted by Crippen LogP contribution is -2.09. The summed E-state index contributed by atoms with van der Waals surface area (Å²) in [7, 11) is 0. The lowest BCUT2D eigenvalue weighted by atomic mass is 9.89. The molecular weight excluding hydrogens is 416 g/mol. The number of aliphatic imine (C=N–C) groups is 1. The number of halogens is 2. The number of benzene rings is 4. The molecule has 1 fully saturated rings. The molecular formula is C29H21F2NO. The maximum atomic E-state index is 14.0. The second-order valence-corrected chi connectivity index (χ2v) is 9.49. The summed E-state index contributed by atoms with van der Waals surface area (Å²) >= 11 is 0. The molecule has 1 atom stereocenters. The number of aryl methyl sites for hydroxylation is 1. The first-order valence-electron chi connectivity index (χ1n) is 11.4. The molecule has 4 heteroatoms. The minimum Gasteiger partial charge on any atom is -0.455 e. The second-order valence-electron chi connectivity index (χ2n) is 9.49. The standard InChI is InChI=1S/C29H21F2NO/c1-16-11-21-20-6-2-3-8-25(20)33-28(21)23(12-16)27-22-14-19(18-9-10-29(30,31)15-18)13-17-5-4-7-24(32-27)26(17)22/h2-8,11-14,18H,9-10,15H2,1H3.